The SMILES string of the molecule is CC[C@H]1CCN(S(=O)(=O)c2cccc3cncc(Cl)c23)C1. The molecule has 0 unspecified atom stereocenters. The molecule has 0 bridgehead atoms. The molecule has 2 heterocycles. The topological polar surface area (TPSA) is 50.3 Å². The molecule has 0 amide bonds. The highest BCUT2D eigenvalue weighted by Gasteiger charge is 2.33. The van der Waals surface area contributed by atoms with E-state index in [1.807, 2.05) is 6.07 Å². The van der Waals surface area contributed by atoms with Crippen molar-refractivity contribution >= 4 is 32.4 Å². The van der Waals surface area contributed by atoms with Crippen LogP contribution in [0.1, 0.15) is 19.8 Å². The first kappa shape index (κ1) is 14.8. The van der Waals surface area contributed by atoms with Crippen LogP contribution >= 0.6 is 11.6 Å². The smallest absolute Gasteiger partial charge is 0.243 e. The molecule has 3 rings (SSSR count). The van der Waals surface area contributed by atoms with Crippen molar-refractivity contribution in [3.05, 3.63) is 35.6 Å². The largest absolute Gasteiger partial charge is 0.263 e. The molecule has 1 aromatic carbocycles. The van der Waals surface area contributed by atoms with Gasteiger partial charge in [0.2, 0.25) is 10.0 Å². The summed E-state index contributed by atoms with van der Waals surface area (Å²) in [6.45, 7) is 3.28. The second kappa shape index (κ2) is 5.55. The molecule has 0 aliphatic carbocycles. The van der Waals surface area contributed by atoms with Gasteiger partial charge >= 0.3 is 0 Å². The number of halogens is 1. The molecule has 0 N–H and O–H groups in total. The van der Waals surface area contributed by atoms with Crippen LogP contribution in [0.5, 0.6) is 0 Å². The van der Waals surface area contributed by atoms with E-state index >= 15 is 0 Å². The zero-order chi connectivity index (χ0) is 15.0. The van der Waals surface area contributed by atoms with Crippen LogP contribution in [-0.4, -0.2) is 30.8 Å². The third-order valence-corrected chi connectivity index (χ3v) is 6.34. The number of sulfonamides is 1. The lowest BCUT2D eigenvalue weighted by Crippen LogP contribution is -2.29. The van der Waals surface area contributed by atoms with Crippen molar-refractivity contribution in [1.29, 1.82) is 0 Å². The fourth-order valence-corrected chi connectivity index (χ4v) is 4.95. The maximum atomic E-state index is 12.9. The van der Waals surface area contributed by atoms with Crippen molar-refractivity contribution in [2.75, 3.05) is 13.1 Å². The summed E-state index contributed by atoms with van der Waals surface area (Å²) in [5.41, 5.74) is 0. The molecule has 4 nitrogen and oxygen atoms in total. The zero-order valence-electron chi connectivity index (χ0n) is 11.8. The van der Waals surface area contributed by atoms with E-state index in [2.05, 4.69) is 11.9 Å². The molecule has 0 spiro atoms. The maximum absolute atomic E-state index is 12.9. The minimum Gasteiger partial charge on any atom is -0.263 e. The molecule has 1 atom stereocenters. The molecule has 1 saturated heterocycles. The molecule has 0 saturated carbocycles. The van der Waals surface area contributed by atoms with E-state index in [4.69, 9.17) is 11.6 Å². The van der Waals surface area contributed by atoms with Gasteiger partial charge in [0.05, 0.1) is 9.92 Å². The second-order valence-corrected chi connectivity index (χ2v) is 7.72. The van der Waals surface area contributed by atoms with E-state index in [9.17, 15) is 8.42 Å². The summed E-state index contributed by atoms with van der Waals surface area (Å²) in [7, 11) is -3.51. The highest BCUT2D eigenvalue weighted by molar-refractivity contribution is 7.89. The molecule has 1 aromatic heterocycles. The minimum absolute atomic E-state index is 0.282. The summed E-state index contributed by atoms with van der Waals surface area (Å²) in [5.74, 6) is 0.451. The summed E-state index contributed by atoms with van der Waals surface area (Å²) in [5, 5.41) is 1.68. The molecule has 1 aliphatic rings. The number of benzene rings is 1. The van der Waals surface area contributed by atoms with Gasteiger partial charge in [0.15, 0.2) is 0 Å². The molecule has 6 heteroatoms. The number of hydrogen-bond acceptors (Lipinski definition) is 3. The van der Waals surface area contributed by atoms with E-state index in [1.165, 1.54) is 6.20 Å². The van der Waals surface area contributed by atoms with Crippen molar-refractivity contribution in [2.45, 2.75) is 24.7 Å². The number of nitrogens with zero attached hydrogens (tertiary/aromatic N) is 2. The number of hydrogen-bond donors (Lipinski definition) is 0. The monoisotopic (exact) mass is 324 g/mol. The Morgan fingerprint density at radius 2 is 2.19 bits per heavy atom. The van der Waals surface area contributed by atoms with Gasteiger partial charge in [-0.1, -0.05) is 37.1 Å². The van der Waals surface area contributed by atoms with Crippen LogP contribution in [0, 0.1) is 5.92 Å². The number of rotatable bonds is 3. The van der Waals surface area contributed by atoms with Gasteiger partial charge < -0.3 is 0 Å². The first-order valence-corrected chi connectivity index (χ1v) is 8.88. The van der Waals surface area contributed by atoms with Gasteiger partial charge in [-0.05, 0) is 18.4 Å². The molecule has 2 aromatic rings. The molecule has 0 radical (unpaired) electrons. The number of fused-ring (bicyclic) bond motifs is 1. The Morgan fingerprint density at radius 3 is 2.90 bits per heavy atom. The van der Waals surface area contributed by atoms with E-state index in [-0.39, 0.29) is 4.90 Å². The minimum atomic E-state index is -3.51. The van der Waals surface area contributed by atoms with Gasteiger partial charge in [0.1, 0.15) is 0 Å². The van der Waals surface area contributed by atoms with Gasteiger partial charge in [0.25, 0.3) is 0 Å². The third-order valence-electron chi connectivity index (χ3n) is 4.14. The van der Waals surface area contributed by atoms with Gasteiger partial charge in [-0.15, -0.1) is 0 Å². The Bertz CT molecular complexity index is 771. The average molecular weight is 325 g/mol. The third kappa shape index (κ3) is 2.54. The number of aromatic nitrogens is 1. The van der Waals surface area contributed by atoms with Crippen LogP contribution in [0.3, 0.4) is 0 Å². The Labute approximate surface area is 129 Å². The van der Waals surface area contributed by atoms with Crippen LogP contribution in [0.2, 0.25) is 5.02 Å². The summed E-state index contributed by atoms with van der Waals surface area (Å²) in [6.07, 6.45) is 5.06. The van der Waals surface area contributed by atoms with E-state index < -0.39 is 10.0 Å². The fourth-order valence-electron chi connectivity index (χ4n) is 2.86. The second-order valence-electron chi connectivity index (χ2n) is 5.40. The normalized spacial score (nSPS) is 20.2. The fraction of sp³-hybridized carbons (Fsp3) is 0.400. The molecular weight excluding hydrogens is 308 g/mol. The lowest BCUT2D eigenvalue weighted by atomic mass is 10.1. The Hall–Kier alpha value is -1.17. The highest BCUT2D eigenvalue weighted by Crippen LogP contribution is 2.33. The van der Waals surface area contributed by atoms with Crippen molar-refractivity contribution in [3.8, 4) is 0 Å². The Kier molecular flexibility index (Phi) is 3.90. The first-order valence-electron chi connectivity index (χ1n) is 7.06. The van der Waals surface area contributed by atoms with Gasteiger partial charge in [-0.3, -0.25) is 4.98 Å². The predicted molar refractivity (Wildman–Crippen MR) is 83.9 cm³/mol. The van der Waals surface area contributed by atoms with Gasteiger partial charge in [-0.25, -0.2) is 8.42 Å². The van der Waals surface area contributed by atoms with Crippen LogP contribution < -0.4 is 0 Å². The Morgan fingerprint density at radius 1 is 1.38 bits per heavy atom. The lowest BCUT2D eigenvalue weighted by Gasteiger charge is -2.18. The van der Waals surface area contributed by atoms with Crippen molar-refractivity contribution < 1.29 is 8.42 Å². The summed E-state index contributed by atoms with van der Waals surface area (Å²) < 4.78 is 27.4. The predicted octanol–water partition coefficient (Wildman–Crippen LogP) is 3.31. The quantitative estimate of drug-likeness (QED) is 0.870. The molecular formula is C15H17ClN2O2S. The lowest BCUT2D eigenvalue weighted by molar-refractivity contribution is 0.453. The standard InChI is InChI=1S/C15H17ClN2O2S/c1-2-11-6-7-18(10-11)21(19,20)14-5-3-4-12-8-17-9-13(16)15(12)14/h3-5,8-9,11H,2,6-7,10H2,1H3/t11-/m0/s1. The zero-order valence-corrected chi connectivity index (χ0v) is 13.4. The van der Waals surface area contributed by atoms with Crippen LogP contribution in [0.25, 0.3) is 10.8 Å². The molecule has 1 fully saturated rings. The Balaban J connectivity index is 2.12. The van der Waals surface area contributed by atoms with Gasteiger partial charge in [0, 0.05) is 36.3 Å². The van der Waals surface area contributed by atoms with Crippen molar-refractivity contribution in [2.24, 2.45) is 5.92 Å². The van der Waals surface area contributed by atoms with Crippen molar-refractivity contribution in [3.63, 3.8) is 0 Å². The van der Waals surface area contributed by atoms with Crippen molar-refractivity contribution in [1.82, 2.24) is 9.29 Å². The van der Waals surface area contributed by atoms with Crippen LogP contribution in [0.4, 0.5) is 0 Å². The molecule has 112 valence electrons. The van der Waals surface area contributed by atoms with Gasteiger partial charge in [-0.2, -0.15) is 4.31 Å². The first-order chi connectivity index (χ1) is 10.0. The van der Waals surface area contributed by atoms with E-state index in [1.54, 1.807) is 22.6 Å². The summed E-state index contributed by atoms with van der Waals surface area (Å²) >= 11 is 6.19. The summed E-state index contributed by atoms with van der Waals surface area (Å²) in [4.78, 5) is 4.30. The summed E-state index contributed by atoms with van der Waals surface area (Å²) in [6, 6.07) is 5.19. The molecule has 1 aliphatic heterocycles. The molecule has 21 heavy (non-hydrogen) atoms. The highest BCUT2D eigenvalue weighted by atomic mass is 35.5. The number of pyridine rings is 1. The van der Waals surface area contributed by atoms with E-state index in [0.29, 0.717) is 29.4 Å². The van der Waals surface area contributed by atoms with Crippen LogP contribution in [0.15, 0.2) is 35.5 Å². The van der Waals surface area contributed by atoms with Crippen LogP contribution in [-0.2, 0) is 10.0 Å². The maximum Gasteiger partial charge on any atom is 0.243 e. The average Bonchev–Trinajstić information content (AvgIpc) is 2.97. The van der Waals surface area contributed by atoms with E-state index in [0.717, 1.165) is 18.2 Å².